The molecule has 3 heterocycles. The molecule has 2 aromatic heterocycles. The smallest absolute Gasteiger partial charge is 0.222 e. The molecule has 5 nitrogen and oxygen atoms in total. The summed E-state index contributed by atoms with van der Waals surface area (Å²) >= 11 is 0. The van der Waals surface area contributed by atoms with E-state index >= 15 is 0 Å². The third-order valence-electron chi connectivity index (χ3n) is 5.48. The number of hydrogen-bond donors (Lipinski definition) is 0. The highest BCUT2D eigenvalue weighted by Crippen LogP contribution is 2.29. The SMILES string of the molecule is Cc1cnc(-c2cccnc2)n1C1CCN(C(=O)CCCc2ccccc2)C1. The van der Waals surface area contributed by atoms with Crippen LogP contribution in [-0.4, -0.2) is 38.4 Å². The lowest BCUT2D eigenvalue weighted by Crippen LogP contribution is -2.29. The van der Waals surface area contributed by atoms with Gasteiger partial charge >= 0.3 is 0 Å². The van der Waals surface area contributed by atoms with Crippen LogP contribution in [0.25, 0.3) is 11.4 Å². The Morgan fingerprint density at radius 1 is 1.14 bits per heavy atom. The second-order valence-corrected chi connectivity index (χ2v) is 7.46. The predicted octanol–water partition coefficient (Wildman–Crippen LogP) is 4.05. The van der Waals surface area contributed by atoms with E-state index in [1.54, 1.807) is 6.20 Å². The van der Waals surface area contributed by atoms with E-state index in [0.717, 1.165) is 49.4 Å². The molecule has 0 aliphatic carbocycles. The first-order valence-electron chi connectivity index (χ1n) is 9.98. The van der Waals surface area contributed by atoms with Gasteiger partial charge in [0.2, 0.25) is 5.91 Å². The zero-order chi connectivity index (χ0) is 19.3. The van der Waals surface area contributed by atoms with Crippen molar-refractivity contribution in [3.8, 4) is 11.4 Å². The molecule has 1 fully saturated rings. The zero-order valence-electron chi connectivity index (χ0n) is 16.3. The van der Waals surface area contributed by atoms with Gasteiger partial charge in [-0.25, -0.2) is 4.98 Å². The van der Waals surface area contributed by atoms with Gasteiger partial charge in [-0.1, -0.05) is 30.3 Å². The molecule has 0 bridgehead atoms. The molecule has 0 saturated carbocycles. The molecule has 1 saturated heterocycles. The highest BCUT2D eigenvalue weighted by atomic mass is 16.2. The van der Waals surface area contributed by atoms with Gasteiger partial charge in [0.25, 0.3) is 0 Å². The molecule has 0 radical (unpaired) electrons. The van der Waals surface area contributed by atoms with Crippen LogP contribution in [0.15, 0.2) is 61.1 Å². The second-order valence-electron chi connectivity index (χ2n) is 7.46. The molecule has 1 atom stereocenters. The lowest BCUT2D eigenvalue weighted by Gasteiger charge is -2.20. The molecular formula is C23H26N4O. The number of amides is 1. The first-order valence-corrected chi connectivity index (χ1v) is 9.98. The van der Waals surface area contributed by atoms with E-state index < -0.39 is 0 Å². The highest BCUT2D eigenvalue weighted by Gasteiger charge is 2.29. The third kappa shape index (κ3) is 3.98. The molecule has 3 aromatic rings. The van der Waals surface area contributed by atoms with Gasteiger partial charge in [-0.05, 0) is 43.9 Å². The number of imidazole rings is 1. The van der Waals surface area contributed by atoms with Crippen molar-refractivity contribution in [1.82, 2.24) is 19.4 Å². The van der Waals surface area contributed by atoms with Crippen LogP contribution < -0.4 is 0 Å². The van der Waals surface area contributed by atoms with Crippen molar-refractivity contribution in [1.29, 1.82) is 0 Å². The number of carbonyl (C=O) groups is 1. The van der Waals surface area contributed by atoms with Crippen molar-refractivity contribution in [2.45, 2.75) is 38.6 Å². The molecule has 1 aliphatic heterocycles. The average Bonchev–Trinajstić information content (AvgIpc) is 3.36. The molecule has 0 N–H and O–H groups in total. The molecule has 1 aliphatic rings. The van der Waals surface area contributed by atoms with Crippen molar-refractivity contribution >= 4 is 5.91 Å². The van der Waals surface area contributed by atoms with Crippen molar-refractivity contribution in [3.63, 3.8) is 0 Å². The topological polar surface area (TPSA) is 51.0 Å². The predicted molar refractivity (Wildman–Crippen MR) is 110 cm³/mol. The molecule has 1 unspecified atom stereocenters. The van der Waals surface area contributed by atoms with Crippen molar-refractivity contribution in [2.75, 3.05) is 13.1 Å². The van der Waals surface area contributed by atoms with Crippen LogP contribution in [-0.2, 0) is 11.2 Å². The van der Waals surface area contributed by atoms with E-state index in [1.807, 2.05) is 35.5 Å². The first kappa shape index (κ1) is 18.4. The van der Waals surface area contributed by atoms with Gasteiger partial charge in [0.05, 0.1) is 6.04 Å². The van der Waals surface area contributed by atoms with Crippen LogP contribution in [0.1, 0.15) is 36.6 Å². The van der Waals surface area contributed by atoms with Crippen LogP contribution in [0.5, 0.6) is 0 Å². The normalized spacial score (nSPS) is 16.5. The van der Waals surface area contributed by atoms with E-state index in [2.05, 4.69) is 45.7 Å². The summed E-state index contributed by atoms with van der Waals surface area (Å²) in [6.45, 7) is 3.66. The fraction of sp³-hybridized carbons (Fsp3) is 0.348. The van der Waals surface area contributed by atoms with Crippen molar-refractivity contribution in [3.05, 3.63) is 72.3 Å². The van der Waals surface area contributed by atoms with E-state index in [0.29, 0.717) is 6.42 Å². The number of nitrogens with zero attached hydrogens (tertiary/aromatic N) is 4. The molecule has 1 amide bonds. The number of benzene rings is 1. The number of aromatic nitrogens is 3. The van der Waals surface area contributed by atoms with Gasteiger partial charge in [-0.3, -0.25) is 9.78 Å². The second kappa shape index (κ2) is 8.38. The average molecular weight is 374 g/mol. The minimum absolute atomic E-state index is 0.263. The minimum Gasteiger partial charge on any atom is -0.341 e. The Hall–Kier alpha value is -2.95. The van der Waals surface area contributed by atoms with Gasteiger partial charge < -0.3 is 9.47 Å². The number of rotatable bonds is 6. The number of likely N-dealkylation sites (tertiary alicyclic amines) is 1. The Balaban J connectivity index is 1.38. The van der Waals surface area contributed by atoms with E-state index in [4.69, 9.17) is 0 Å². The maximum atomic E-state index is 12.7. The highest BCUT2D eigenvalue weighted by molar-refractivity contribution is 5.76. The number of hydrogen-bond acceptors (Lipinski definition) is 3. The van der Waals surface area contributed by atoms with E-state index in [-0.39, 0.29) is 11.9 Å². The molecule has 1 aromatic carbocycles. The molecule has 5 heteroatoms. The molecular weight excluding hydrogens is 348 g/mol. The van der Waals surface area contributed by atoms with E-state index in [1.165, 1.54) is 5.56 Å². The molecule has 4 rings (SSSR count). The Labute approximate surface area is 166 Å². The monoisotopic (exact) mass is 374 g/mol. The Kier molecular flexibility index (Phi) is 5.51. The first-order chi connectivity index (χ1) is 13.7. The van der Waals surface area contributed by atoms with Gasteiger partial charge in [0.1, 0.15) is 5.82 Å². The fourth-order valence-electron chi connectivity index (χ4n) is 4.04. The van der Waals surface area contributed by atoms with Gasteiger partial charge in [0, 0.05) is 49.4 Å². The fourth-order valence-corrected chi connectivity index (χ4v) is 4.04. The maximum Gasteiger partial charge on any atom is 0.222 e. The zero-order valence-corrected chi connectivity index (χ0v) is 16.3. The third-order valence-corrected chi connectivity index (χ3v) is 5.48. The summed E-state index contributed by atoms with van der Waals surface area (Å²) in [7, 11) is 0. The Morgan fingerprint density at radius 2 is 2.00 bits per heavy atom. The molecule has 0 spiro atoms. The quantitative estimate of drug-likeness (QED) is 0.654. The summed E-state index contributed by atoms with van der Waals surface area (Å²) < 4.78 is 2.27. The van der Waals surface area contributed by atoms with Gasteiger partial charge in [-0.15, -0.1) is 0 Å². The van der Waals surface area contributed by atoms with Crippen molar-refractivity contribution in [2.24, 2.45) is 0 Å². The molecule has 28 heavy (non-hydrogen) atoms. The minimum atomic E-state index is 0.263. The summed E-state index contributed by atoms with van der Waals surface area (Å²) in [6, 6.07) is 14.6. The number of carbonyl (C=O) groups excluding carboxylic acids is 1. The summed E-state index contributed by atoms with van der Waals surface area (Å²) in [5.74, 6) is 1.20. The Morgan fingerprint density at radius 3 is 2.79 bits per heavy atom. The van der Waals surface area contributed by atoms with Crippen molar-refractivity contribution < 1.29 is 4.79 Å². The maximum absolute atomic E-state index is 12.7. The summed E-state index contributed by atoms with van der Waals surface area (Å²) in [6.07, 6.45) is 8.96. The lowest BCUT2D eigenvalue weighted by atomic mass is 10.1. The largest absolute Gasteiger partial charge is 0.341 e. The lowest BCUT2D eigenvalue weighted by molar-refractivity contribution is -0.130. The van der Waals surface area contributed by atoms with Gasteiger partial charge in [-0.2, -0.15) is 0 Å². The van der Waals surface area contributed by atoms with Crippen LogP contribution in [0.2, 0.25) is 0 Å². The van der Waals surface area contributed by atoms with Crippen LogP contribution in [0, 0.1) is 6.92 Å². The van der Waals surface area contributed by atoms with E-state index in [9.17, 15) is 4.79 Å². The number of aryl methyl sites for hydroxylation is 2. The summed E-state index contributed by atoms with van der Waals surface area (Å²) in [4.78, 5) is 23.5. The standard InChI is InChI=1S/C23H26N4O/c1-18-15-25-23(20-10-6-13-24-16-20)27(18)21-12-14-26(17-21)22(28)11-5-9-19-7-3-2-4-8-19/h2-4,6-8,10,13,15-16,21H,5,9,11-12,14,17H2,1H3. The Bertz CT molecular complexity index is 920. The van der Waals surface area contributed by atoms with Crippen LogP contribution in [0.4, 0.5) is 0 Å². The van der Waals surface area contributed by atoms with Gasteiger partial charge in [0.15, 0.2) is 0 Å². The van der Waals surface area contributed by atoms with Crippen LogP contribution >= 0.6 is 0 Å². The molecule has 144 valence electrons. The van der Waals surface area contributed by atoms with Crippen LogP contribution in [0.3, 0.4) is 0 Å². The summed E-state index contributed by atoms with van der Waals surface area (Å²) in [5, 5.41) is 0. The summed E-state index contributed by atoms with van der Waals surface area (Å²) in [5.41, 5.74) is 3.44. The number of pyridine rings is 1.